The lowest BCUT2D eigenvalue weighted by Gasteiger charge is -2.20. The molecule has 1 saturated heterocycles. The van der Waals surface area contributed by atoms with Gasteiger partial charge in [-0.15, -0.1) is 0 Å². The van der Waals surface area contributed by atoms with Gasteiger partial charge in [-0.3, -0.25) is 20.2 Å². The Bertz CT molecular complexity index is 229. The molecular weight excluding hydrogens is 190 g/mol. The Morgan fingerprint density at radius 2 is 1.50 bits per heavy atom. The zero-order valence-electron chi connectivity index (χ0n) is 5.76. The van der Waals surface area contributed by atoms with Crippen LogP contribution in [0.2, 0.25) is 0 Å². The number of amides is 4. The second kappa shape index (κ2) is 3.05. The molecule has 1 rings (SSSR count). The molecule has 8 heteroatoms. The standard InChI is InChI=1S/C4H5N3O4.ClH/c5-4(11)1(8)6-3(10)7-2(4)9;/h11H,5H2,(H2,6,7,8,9,10);1H. The van der Waals surface area contributed by atoms with Gasteiger partial charge in [-0.05, 0) is 0 Å². The smallest absolute Gasteiger partial charge is 0.358 e. The molecule has 68 valence electrons. The summed E-state index contributed by atoms with van der Waals surface area (Å²) in [7, 11) is 0. The van der Waals surface area contributed by atoms with Gasteiger partial charge in [-0.2, -0.15) is 0 Å². The number of barbiturate groups is 1. The van der Waals surface area contributed by atoms with E-state index in [1.54, 1.807) is 10.6 Å². The Labute approximate surface area is 72.7 Å². The summed E-state index contributed by atoms with van der Waals surface area (Å²) < 4.78 is 0. The first-order valence-corrected chi connectivity index (χ1v) is 2.69. The first kappa shape index (κ1) is 10.8. The second-order valence-electron chi connectivity index (χ2n) is 2.10. The minimum atomic E-state index is -2.39. The highest BCUT2D eigenvalue weighted by Crippen LogP contribution is 1.96. The minimum absolute atomic E-state index is 0. The first-order valence-electron chi connectivity index (χ1n) is 2.69. The predicted molar refractivity (Wildman–Crippen MR) is 29.5 cm³/mol. The van der Waals surface area contributed by atoms with Gasteiger partial charge < -0.3 is 23.2 Å². The number of imide groups is 2. The molecule has 12 heavy (non-hydrogen) atoms. The molecule has 7 nitrogen and oxygen atoms in total. The number of rotatable bonds is 0. The highest BCUT2D eigenvalue weighted by atomic mass is 35.5. The molecule has 0 saturated carbocycles. The normalized spacial score (nSPS) is 20.7. The lowest BCUT2D eigenvalue weighted by molar-refractivity contribution is -0.502. The third-order valence-corrected chi connectivity index (χ3v) is 1.21. The summed E-state index contributed by atoms with van der Waals surface area (Å²) >= 11 is 0. The summed E-state index contributed by atoms with van der Waals surface area (Å²) in [5.74, 6) is -2.24. The van der Waals surface area contributed by atoms with Crippen LogP contribution in [0, 0.1) is 0 Å². The molecule has 4 amide bonds. The van der Waals surface area contributed by atoms with E-state index >= 15 is 0 Å². The van der Waals surface area contributed by atoms with Gasteiger partial charge in [0.15, 0.2) is 0 Å². The van der Waals surface area contributed by atoms with Gasteiger partial charge in [0.2, 0.25) is 0 Å². The van der Waals surface area contributed by atoms with E-state index in [0.29, 0.717) is 0 Å². The Hall–Kier alpha value is -1.18. The summed E-state index contributed by atoms with van der Waals surface area (Å²) in [6, 6.07) is -0.951. The predicted octanol–water partition coefficient (Wildman–Crippen LogP) is -6.71. The number of nitrogens with one attached hydrogen (secondary N) is 2. The van der Waals surface area contributed by atoms with Crippen LogP contribution in [0.15, 0.2) is 0 Å². The van der Waals surface area contributed by atoms with Gasteiger partial charge in [0.1, 0.15) is 0 Å². The van der Waals surface area contributed by atoms with E-state index in [1.807, 2.05) is 0 Å². The molecule has 0 atom stereocenters. The molecule has 0 aromatic heterocycles. The minimum Gasteiger partial charge on any atom is -1.00 e. The van der Waals surface area contributed by atoms with Crippen LogP contribution in [-0.4, -0.2) is 28.7 Å². The van der Waals surface area contributed by atoms with E-state index in [9.17, 15) is 14.4 Å². The highest BCUT2D eigenvalue weighted by Gasteiger charge is 2.50. The molecule has 0 unspecified atom stereocenters. The summed E-state index contributed by atoms with van der Waals surface area (Å²) in [4.78, 5) is 31.6. The quantitative estimate of drug-likeness (QED) is 0.227. The molecule has 0 bridgehead atoms. The van der Waals surface area contributed by atoms with Gasteiger partial charge in [0, 0.05) is 0 Å². The van der Waals surface area contributed by atoms with Crippen molar-refractivity contribution in [1.82, 2.24) is 10.6 Å². The lowest BCUT2D eigenvalue weighted by Crippen LogP contribution is -3.00. The number of hydrogen-bond acceptors (Lipinski definition) is 4. The Balaban J connectivity index is 0.00000121. The van der Waals surface area contributed by atoms with Crippen molar-refractivity contribution in [2.24, 2.45) is 0 Å². The molecular formula is C4H6ClN3O4. The van der Waals surface area contributed by atoms with Crippen molar-refractivity contribution >= 4 is 17.8 Å². The van der Waals surface area contributed by atoms with Crippen molar-refractivity contribution in [3.05, 3.63) is 0 Å². The second-order valence-corrected chi connectivity index (χ2v) is 2.10. The van der Waals surface area contributed by atoms with Crippen LogP contribution in [0.25, 0.3) is 0 Å². The number of quaternary nitrogens is 1. The number of carbonyl (C=O) groups is 3. The Morgan fingerprint density at radius 1 is 1.17 bits per heavy atom. The van der Waals surface area contributed by atoms with Crippen LogP contribution < -0.4 is 28.8 Å². The molecule has 1 fully saturated rings. The number of urea groups is 1. The van der Waals surface area contributed by atoms with E-state index in [4.69, 9.17) is 5.11 Å². The maximum absolute atomic E-state index is 10.6. The van der Waals surface area contributed by atoms with E-state index in [1.165, 1.54) is 0 Å². The topological polar surface area (TPSA) is 123 Å². The molecule has 0 radical (unpaired) electrons. The molecule has 0 aromatic rings. The number of hydrogen-bond donors (Lipinski definition) is 4. The number of halogens is 1. The molecule has 0 spiro atoms. The lowest BCUT2D eigenvalue weighted by atomic mass is 10.2. The zero-order chi connectivity index (χ0) is 8.65. The maximum Gasteiger partial charge on any atom is 0.358 e. The third-order valence-electron chi connectivity index (χ3n) is 1.21. The SMILES string of the molecule is [Cl-].[NH3+]C1(O)C(=O)NC(=O)NC1=O. The fourth-order valence-corrected chi connectivity index (χ4v) is 0.547. The summed E-state index contributed by atoms with van der Waals surface area (Å²) in [5, 5.41) is 12.3. The van der Waals surface area contributed by atoms with Crippen LogP contribution in [0.5, 0.6) is 0 Å². The van der Waals surface area contributed by atoms with Crippen LogP contribution in [0.4, 0.5) is 4.79 Å². The van der Waals surface area contributed by atoms with E-state index in [0.717, 1.165) is 0 Å². The van der Waals surface area contributed by atoms with Crippen molar-refractivity contribution < 1.29 is 37.6 Å². The fraction of sp³-hybridized carbons (Fsp3) is 0.250. The van der Waals surface area contributed by atoms with Crippen LogP contribution in [0.3, 0.4) is 0 Å². The maximum atomic E-state index is 10.6. The van der Waals surface area contributed by atoms with E-state index in [2.05, 4.69) is 5.73 Å². The molecule has 1 heterocycles. The molecule has 0 aromatic carbocycles. The van der Waals surface area contributed by atoms with Crippen molar-refractivity contribution in [2.45, 2.75) is 5.72 Å². The van der Waals surface area contributed by atoms with E-state index < -0.39 is 23.6 Å². The third kappa shape index (κ3) is 1.52. The number of aliphatic hydroxyl groups is 1. The Kier molecular flexibility index (Phi) is 2.75. The fourth-order valence-electron chi connectivity index (χ4n) is 0.547. The van der Waals surface area contributed by atoms with Crippen molar-refractivity contribution in [1.29, 1.82) is 0 Å². The van der Waals surface area contributed by atoms with E-state index in [-0.39, 0.29) is 12.4 Å². The van der Waals surface area contributed by atoms with Crippen molar-refractivity contribution in [3.8, 4) is 0 Å². The Morgan fingerprint density at radius 3 is 1.83 bits per heavy atom. The van der Waals surface area contributed by atoms with Gasteiger partial charge in [-0.1, -0.05) is 0 Å². The van der Waals surface area contributed by atoms with Crippen LogP contribution in [0.1, 0.15) is 0 Å². The van der Waals surface area contributed by atoms with Crippen LogP contribution >= 0.6 is 0 Å². The van der Waals surface area contributed by atoms with Gasteiger partial charge in [0.05, 0.1) is 0 Å². The van der Waals surface area contributed by atoms with Crippen molar-refractivity contribution in [2.75, 3.05) is 0 Å². The average Bonchev–Trinajstić information content (AvgIpc) is 1.84. The van der Waals surface area contributed by atoms with Gasteiger partial charge >= 0.3 is 23.6 Å². The molecule has 1 aliphatic rings. The molecule has 6 N–H and O–H groups in total. The summed E-state index contributed by atoms with van der Waals surface area (Å²) in [5.41, 5.74) is 0.510. The molecule has 1 aliphatic heterocycles. The van der Waals surface area contributed by atoms with Crippen molar-refractivity contribution in [3.63, 3.8) is 0 Å². The highest BCUT2D eigenvalue weighted by molar-refractivity contribution is 6.19. The largest absolute Gasteiger partial charge is 1.00 e. The average molecular weight is 196 g/mol. The monoisotopic (exact) mass is 195 g/mol. The summed E-state index contributed by atoms with van der Waals surface area (Å²) in [6.45, 7) is 0. The van der Waals surface area contributed by atoms with Gasteiger partial charge in [0.25, 0.3) is 0 Å². The van der Waals surface area contributed by atoms with Gasteiger partial charge in [-0.25, -0.2) is 4.79 Å². The van der Waals surface area contributed by atoms with Crippen LogP contribution in [-0.2, 0) is 9.59 Å². The first-order chi connectivity index (χ1) is 4.94. The zero-order valence-corrected chi connectivity index (χ0v) is 6.51. The summed E-state index contributed by atoms with van der Waals surface area (Å²) in [6.07, 6.45) is 0. The molecule has 0 aliphatic carbocycles. The number of carbonyl (C=O) groups excluding carboxylic acids is 3.